The second-order valence-corrected chi connectivity index (χ2v) is 3.54. The summed E-state index contributed by atoms with van der Waals surface area (Å²) in [6, 6.07) is -0.446. The van der Waals surface area contributed by atoms with Gasteiger partial charge in [-0.2, -0.15) is 0 Å². The van der Waals surface area contributed by atoms with Crippen LogP contribution in [0.25, 0.3) is 0 Å². The van der Waals surface area contributed by atoms with Gasteiger partial charge in [-0.15, -0.1) is 0 Å². The number of carbonyl (C=O) groups is 1. The summed E-state index contributed by atoms with van der Waals surface area (Å²) in [7, 11) is 1.70. The number of aliphatic hydroxyl groups is 1. The highest BCUT2D eigenvalue weighted by Crippen LogP contribution is 2.10. The quantitative estimate of drug-likeness (QED) is 0.629. The van der Waals surface area contributed by atoms with Crippen LogP contribution in [0, 0.1) is 0 Å². The molecule has 1 rings (SSSR count). The zero-order chi connectivity index (χ0) is 9.84. The molecule has 0 aromatic rings. The van der Waals surface area contributed by atoms with Crippen molar-refractivity contribution in [1.82, 2.24) is 10.2 Å². The molecule has 0 spiro atoms. The molecule has 13 heavy (non-hydrogen) atoms. The van der Waals surface area contributed by atoms with Gasteiger partial charge in [-0.1, -0.05) is 0 Å². The summed E-state index contributed by atoms with van der Waals surface area (Å²) in [6.45, 7) is 3.31. The molecule has 4 nitrogen and oxygen atoms in total. The van der Waals surface area contributed by atoms with Crippen LogP contribution in [0.3, 0.4) is 0 Å². The topological polar surface area (TPSA) is 52.6 Å². The Balaban J connectivity index is 2.52. The third-order valence-corrected chi connectivity index (χ3v) is 2.48. The molecule has 4 heteroatoms. The number of amides is 1. The van der Waals surface area contributed by atoms with Gasteiger partial charge < -0.3 is 15.3 Å². The molecule has 0 saturated carbocycles. The van der Waals surface area contributed by atoms with E-state index in [2.05, 4.69) is 5.32 Å². The van der Waals surface area contributed by atoms with Crippen LogP contribution in [0.2, 0.25) is 0 Å². The van der Waals surface area contributed by atoms with Crippen LogP contribution in [-0.2, 0) is 4.79 Å². The Morgan fingerprint density at radius 3 is 2.38 bits per heavy atom. The molecular formula is C9H18N2O2. The van der Waals surface area contributed by atoms with E-state index in [1.165, 1.54) is 0 Å². The average molecular weight is 186 g/mol. The van der Waals surface area contributed by atoms with Crippen molar-refractivity contribution >= 4 is 5.91 Å². The Hall–Kier alpha value is -0.610. The highest BCUT2D eigenvalue weighted by Gasteiger charge is 2.28. The molecule has 0 bridgehead atoms. The predicted octanol–water partition coefficient (Wildman–Crippen LogP) is -0.422. The Labute approximate surface area is 78.9 Å². The first-order chi connectivity index (χ1) is 6.16. The molecule has 1 saturated heterocycles. The van der Waals surface area contributed by atoms with Gasteiger partial charge in [0, 0.05) is 13.1 Å². The number of nitrogens with zero attached hydrogens (tertiary/aromatic N) is 1. The lowest BCUT2D eigenvalue weighted by molar-refractivity contribution is -0.134. The number of hydrogen-bond donors (Lipinski definition) is 2. The van der Waals surface area contributed by atoms with Gasteiger partial charge in [-0.25, -0.2) is 0 Å². The van der Waals surface area contributed by atoms with Crippen LogP contribution in [0.4, 0.5) is 0 Å². The minimum Gasteiger partial charge on any atom is -0.391 e. The van der Waals surface area contributed by atoms with Gasteiger partial charge in [0.1, 0.15) is 6.04 Å². The molecule has 1 aliphatic rings. The van der Waals surface area contributed by atoms with E-state index >= 15 is 0 Å². The van der Waals surface area contributed by atoms with Crippen LogP contribution in [0.15, 0.2) is 0 Å². The second kappa shape index (κ2) is 4.58. The molecular weight excluding hydrogens is 168 g/mol. The van der Waals surface area contributed by atoms with E-state index < -0.39 is 12.1 Å². The molecule has 2 N–H and O–H groups in total. The first-order valence-electron chi connectivity index (χ1n) is 4.81. The maximum absolute atomic E-state index is 11.7. The Morgan fingerprint density at radius 2 is 2.00 bits per heavy atom. The highest BCUT2D eigenvalue weighted by molar-refractivity contribution is 5.82. The lowest BCUT2D eigenvalue weighted by Crippen LogP contribution is -2.49. The number of likely N-dealkylation sites (tertiary alicyclic amines) is 1. The van der Waals surface area contributed by atoms with Crippen molar-refractivity contribution < 1.29 is 9.90 Å². The Morgan fingerprint density at radius 1 is 1.46 bits per heavy atom. The smallest absolute Gasteiger partial charge is 0.242 e. The van der Waals surface area contributed by atoms with Crippen molar-refractivity contribution in [2.24, 2.45) is 0 Å². The van der Waals surface area contributed by atoms with E-state index in [9.17, 15) is 9.90 Å². The Kier molecular flexibility index (Phi) is 3.69. The number of nitrogens with one attached hydrogen (secondary N) is 1. The summed E-state index contributed by atoms with van der Waals surface area (Å²) in [5.41, 5.74) is 0. The minimum atomic E-state index is -0.627. The number of likely N-dealkylation sites (N-methyl/N-ethyl adjacent to an activating group) is 1. The zero-order valence-electron chi connectivity index (χ0n) is 8.29. The van der Waals surface area contributed by atoms with Gasteiger partial charge in [0.2, 0.25) is 5.91 Å². The van der Waals surface area contributed by atoms with Crippen molar-refractivity contribution in [3.8, 4) is 0 Å². The van der Waals surface area contributed by atoms with Crippen LogP contribution in [0.5, 0.6) is 0 Å². The van der Waals surface area contributed by atoms with Crippen molar-refractivity contribution in [3.63, 3.8) is 0 Å². The number of rotatable bonds is 3. The van der Waals surface area contributed by atoms with Gasteiger partial charge in [-0.3, -0.25) is 4.79 Å². The first-order valence-corrected chi connectivity index (χ1v) is 4.81. The summed E-state index contributed by atoms with van der Waals surface area (Å²) < 4.78 is 0. The second-order valence-electron chi connectivity index (χ2n) is 3.54. The van der Waals surface area contributed by atoms with Gasteiger partial charge in [-0.05, 0) is 26.8 Å². The monoisotopic (exact) mass is 186 g/mol. The molecule has 0 aliphatic carbocycles. The molecule has 2 atom stereocenters. The van der Waals surface area contributed by atoms with E-state index in [1.807, 2.05) is 4.90 Å². The fraction of sp³-hybridized carbons (Fsp3) is 0.889. The van der Waals surface area contributed by atoms with Crippen molar-refractivity contribution in [1.29, 1.82) is 0 Å². The molecule has 2 unspecified atom stereocenters. The molecule has 0 aromatic carbocycles. The van der Waals surface area contributed by atoms with Gasteiger partial charge in [0.15, 0.2) is 0 Å². The highest BCUT2D eigenvalue weighted by atomic mass is 16.3. The van der Waals surface area contributed by atoms with E-state index in [-0.39, 0.29) is 5.91 Å². The van der Waals surface area contributed by atoms with Crippen LogP contribution >= 0.6 is 0 Å². The van der Waals surface area contributed by atoms with E-state index in [0.717, 1.165) is 25.9 Å². The van der Waals surface area contributed by atoms with E-state index in [4.69, 9.17) is 0 Å². The SMILES string of the molecule is CNC(C(=O)N1CCCC1)C(C)O. The van der Waals surface area contributed by atoms with Gasteiger partial charge in [0.25, 0.3) is 0 Å². The summed E-state index contributed by atoms with van der Waals surface area (Å²) in [5, 5.41) is 12.2. The van der Waals surface area contributed by atoms with E-state index in [0.29, 0.717) is 0 Å². The van der Waals surface area contributed by atoms with Crippen LogP contribution in [-0.4, -0.2) is 48.2 Å². The van der Waals surface area contributed by atoms with Gasteiger partial charge >= 0.3 is 0 Å². The first kappa shape index (κ1) is 10.5. The number of carbonyl (C=O) groups excluding carboxylic acids is 1. The van der Waals surface area contributed by atoms with E-state index in [1.54, 1.807) is 14.0 Å². The summed E-state index contributed by atoms with van der Waals surface area (Å²) in [6.07, 6.45) is 1.54. The third-order valence-electron chi connectivity index (χ3n) is 2.48. The molecule has 1 amide bonds. The lowest BCUT2D eigenvalue weighted by atomic mass is 10.1. The molecule has 0 aromatic heterocycles. The molecule has 1 fully saturated rings. The maximum Gasteiger partial charge on any atom is 0.242 e. The normalized spacial score (nSPS) is 21.6. The maximum atomic E-state index is 11.7. The average Bonchev–Trinajstić information content (AvgIpc) is 2.56. The summed E-state index contributed by atoms with van der Waals surface area (Å²) in [5.74, 6) is 0.0231. The zero-order valence-corrected chi connectivity index (χ0v) is 8.29. The van der Waals surface area contributed by atoms with Gasteiger partial charge in [0.05, 0.1) is 6.10 Å². The number of hydrogen-bond acceptors (Lipinski definition) is 3. The predicted molar refractivity (Wildman–Crippen MR) is 50.3 cm³/mol. The molecule has 1 heterocycles. The largest absolute Gasteiger partial charge is 0.391 e. The fourth-order valence-corrected chi connectivity index (χ4v) is 1.71. The van der Waals surface area contributed by atoms with Crippen molar-refractivity contribution in [2.45, 2.75) is 31.9 Å². The third kappa shape index (κ3) is 2.42. The standard InChI is InChI=1S/C9H18N2O2/c1-7(12)8(10-2)9(13)11-5-3-4-6-11/h7-8,10,12H,3-6H2,1-2H3. The van der Waals surface area contributed by atoms with Crippen LogP contribution in [0.1, 0.15) is 19.8 Å². The molecule has 1 aliphatic heterocycles. The lowest BCUT2D eigenvalue weighted by Gasteiger charge is -2.24. The Bertz CT molecular complexity index is 176. The number of aliphatic hydroxyl groups excluding tert-OH is 1. The molecule has 76 valence electrons. The summed E-state index contributed by atoms with van der Waals surface area (Å²) >= 11 is 0. The van der Waals surface area contributed by atoms with Crippen LogP contribution < -0.4 is 5.32 Å². The van der Waals surface area contributed by atoms with Crippen molar-refractivity contribution in [2.75, 3.05) is 20.1 Å². The molecule has 0 radical (unpaired) electrons. The van der Waals surface area contributed by atoms with Crippen molar-refractivity contribution in [3.05, 3.63) is 0 Å². The summed E-state index contributed by atoms with van der Waals surface area (Å²) in [4.78, 5) is 13.5. The minimum absolute atomic E-state index is 0.0231. The fourth-order valence-electron chi connectivity index (χ4n) is 1.71.